The van der Waals surface area contributed by atoms with Gasteiger partial charge in [-0.15, -0.1) is 0 Å². The lowest BCUT2D eigenvalue weighted by Crippen LogP contribution is -2.30. The zero-order valence-electron chi connectivity index (χ0n) is 15.3. The molecule has 8 heteroatoms. The van der Waals surface area contributed by atoms with Gasteiger partial charge in [0.25, 0.3) is 0 Å². The molecule has 0 N–H and O–H groups in total. The molecule has 0 radical (unpaired) electrons. The first-order valence-corrected chi connectivity index (χ1v) is 9.02. The SMILES string of the molecule is Cc1ncnc(N2CC3CN(c4ncnc5nn(C)cc45)CC3C2)c1C. The molecule has 0 aliphatic carbocycles. The molecule has 2 unspecified atom stereocenters. The Morgan fingerprint density at radius 3 is 2.19 bits per heavy atom. The molecular weight excluding hydrogens is 328 g/mol. The fraction of sp³-hybridized carbons (Fsp3) is 0.500. The summed E-state index contributed by atoms with van der Waals surface area (Å²) in [6, 6.07) is 0. The van der Waals surface area contributed by atoms with Crippen molar-refractivity contribution < 1.29 is 0 Å². The molecule has 2 saturated heterocycles. The van der Waals surface area contributed by atoms with Crippen molar-refractivity contribution in [2.24, 2.45) is 18.9 Å². The van der Waals surface area contributed by atoms with Gasteiger partial charge in [0.1, 0.15) is 24.3 Å². The van der Waals surface area contributed by atoms with Gasteiger partial charge in [-0.1, -0.05) is 0 Å². The van der Waals surface area contributed by atoms with Crippen LogP contribution in [0.5, 0.6) is 0 Å². The molecule has 0 amide bonds. The second kappa shape index (κ2) is 5.62. The first-order valence-electron chi connectivity index (χ1n) is 9.02. The number of aromatic nitrogens is 6. The average Bonchev–Trinajstić information content (AvgIpc) is 3.28. The lowest BCUT2D eigenvalue weighted by atomic mass is 10.0. The Hall–Kier alpha value is -2.77. The van der Waals surface area contributed by atoms with E-state index >= 15 is 0 Å². The van der Waals surface area contributed by atoms with Crippen LogP contribution in [-0.4, -0.2) is 55.9 Å². The molecule has 0 spiro atoms. The third-order valence-corrected chi connectivity index (χ3v) is 5.81. The smallest absolute Gasteiger partial charge is 0.186 e. The van der Waals surface area contributed by atoms with Crippen molar-refractivity contribution in [1.29, 1.82) is 0 Å². The number of nitrogens with zero attached hydrogens (tertiary/aromatic N) is 8. The Kier molecular flexibility index (Phi) is 3.35. The maximum absolute atomic E-state index is 4.56. The molecule has 26 heavy (non-hydrogen) atoms. The number of aryl methyl sites for hydroxylation is 2. The van der Waals surface area contributed by atoms with Crippen LogP contribution in [-0.2, 0) is 7.05 Å². The summed E-state index contributed by atoms with van der Waals surface area (Å²) >= 11 is 0. The second-order valence-corrected chi connectivity index (χ2v) is 7.48. The van der Waals surface area contributed by atoms with Gasteiger partial charge in [-0.05, 0) is 13.8 Å². The van der Waals surface area contributed by atoms with Crippen molar-refractivity contribution in [3.63, 3.8) is 0 Å². The Labute approximate surface area is 151 Å². The molecule has 5 rings (SSSR count). The van der Waals surface area contributed by atoms with Gasteiger partial charge in [-0.25, -0.2) is 19.9 Å². The normalized spacial score (nSPS) is 22.4. The van der Waals surface area contributed by atoms with Crippen LogP contribution < -0.4 is 9.80 Å². The van der Waals surface area contributed by atoms with E-state index in [0.29, 0.717) is 11.8 Å². The predicted octanol–water partition coefficient (Wildman–Crippen LogP) is 1.34. The third-order valence-electron chi connectivity index (χ3n) is 5.81. The Morgan fingerprint density at radius 2 is 1.46 bits per heavy atom. The van der Waals surface area contributed by atoms with Gasteiger partial charge in [0.15, 0.2) is 5.65 Å². The van der Waals surface area contributed by atoms with E-state index in [4.69, 9.17) is 0 Å². The van der Waals surface area contributed by atoms with Crippen LogP contribution in [0.4, 0.5) is 11.6 Å². The van der Waals surface area contributed by atoms with Crippen LogP contribution >= 0.6 is 0 Å². The van der Waals surface area contributed by atoms with Crippen LogP contribution in [0.15, 0.2) is 18.9 Å². The summed E-state index contributed by atoms with van der Waals surface area (Å²) in [5, 5.41) is 5.44. The number of fused-ring (bicyclic) bond motifs is 2. The first kappa shape index (κ1) is 15.5. The van der Waals surface area contributed by atoms with Gasteiger partial charge in [0.05, 0.1) is 5.39 Å². The molecule has 5 heterocycles. The van der Waals surface area contributed by atoms with E-state index in [-0.39, 0.29) is 0 Å². The average molecular weight is 350 g/mol. The topological polar surface area (TPSA) is 75.9 Å². The lowest BCUT2D eigenvalue weighted by molar-refractivity contribution is 0.533. The molecule has 2 aliphatic heterocycles. The molecule has 0 saturated carbocycles. The zero-order valence-corrected chi connectivity index (χ0v) is 15.3. The predicted molar refractivity (Wildman–Crippen MR) is 99.2 cm³/mol. The number of anilines is 2. The summed E-state index contributed by atoms with van der Waals surface area (Å²) < 4.78 is 1.81. The van der Waals surface area contributed by atoms with Gasteiger partial charge in [0, 0.05) is 62.5 Å². The molecule has 8 nitrogen and oxygen atoms in total. The third kappa shape index (κ3) is 2.32. The van der Waals surface area contributed by atoms with Gasteiger partial charge in [0.2, 0.25) is 0 Å². The van der Waals surface area contributed by atoms with E-state index < -0.39 is 0 Å². The summed E-state index contributed by atoms with van der Waals surface area (Å²) in [6.07, 6.45) is 5.31. The summed E-state index contributed by atoms with van der Waals surface area (Å²) in [4.78, 5) is 22.5. The molecule has 3 aromatic heterocycles. The molecule has 0 bridgehead atoms. The summed E-state index contributed by atoms with van der Waals surface area (Å²) in [7, 11) is 1.92. The number of hydrogen-bond acceptors (Lipinski definition) is 7. The van der Waals surface area contributed by atoms with E-state index in [1.165, 1.54) is 5.56 Å². The molecule has 2 aliphatic rings. The summed E-state index contributed by atoms with van der Waals surface area (Å²) in [6.45, 7) is 8.29. The van der Waals surface area contributed by atoms with E-state index in [1.807, 2.05) is 24.9 Å². The van der Waals surface area contributed by atoms with Crippen molar-refractivity contribution in [2.75, 3.05) is 36.0 Å². The number of hydrogen-bond donors (Lipinski definition) is 0. The van der Waals surface area contributed by atoms with E-state index in [9.17, 15) is 0 Å². The Balaban J connectivity index is 1.38. The minimum absolute atomic E-state index is 0.631. The highest BCUT2D eigenvalue weighted by atomic mass is 15.3. The second-order valence-electron chi connectivity index (χ2n) is 7.48. The largest absolute Gasteiger partial charge is 0.356 e. The fourth-order valence-corrected chi connectivity index (χ4v) is 4.37. The quantitative estimate of drug-likeness (QED) is 0.690. The van der Waals surface area contributed by atoms with Crippen molar-refractivity contribution in [3.05, 3.63) is 30.1 Å². The standard InChI is InChI=1S/C18H22N8/c1-11-12(2)19-9-21-17(11)25-4-13-6-26(7-14(13)5-25)18-15-8-24(3)23-16(15)20-10-22-18/h8-10,13-14H,4-7H2,1-3H3. The van der Waals surface area contributed by atoms with Gasteiger partial charge < -0.3 is 9.80 Å². The van der Waals surface area contributed by atoms with Crippen molar-refractivity contribution in [1.82, 2.24) is 29.7 Å². The minimum Gasteiger partial charge on any atom is -0.356 e. The van der Waals surface area contributed by atoms with Gasteiger partial charge >= 0.3 is 0 Å². The Morgan fingerprint density at radius 1 is 0.846 bits per heavy atom. The van der Waals surface area contributed by atoms with Crippen LogP contribution in [0, 0.1) is 25.7 Å². The van der Waals surface area contributed by atoms with Crippen LogP contribution in [0.25, 0.3) is 11.0 Å². The first-order chi connectivity index (χ1) is 12.6. The van der Waals surface area contributed by atoms with Gasteiger partial charge in [-0.2, -0.15) is 5.10 Å². The zero-order chi connectivity index (χ0) is 17.8. The van der Waals surface area contributed by atoms with Crippen molar-refractivity contribution in [3.8, 4) is 0 Å². The summed E-state index contributed by atoms with van der Waals surface area (Å²) in [5.74, 6) is 3.37. The molecule has 3 aromatic rings. The maximum atomic E-state index is 4.56. The van der Waals surface area contributed by atoms with Crippen LogP contribution in [0.3, 0.4) is 0 Å². The van der Waals surface area contributed by atoms with Crippen LogP contribution in [0.1, 0.15) is 11.3 Å². The highest BCUT2D eigenvalue weighted by molar-refractivity contribution is 5.86. The molecule has 134 valence electrons. The molecule has 0 aromatic carbocycles. The van der Waals surface area contributed by atoms with Crippen molar-refractivity contribution in [2.45, 2.75) is 13.8 Å². The highest BCUT2D eigenvalue weighted by Crippen LogP contribution is 2.37. The minimum atomic E-state index is 0.631. The molecule has 2 fully saturated rings. The summed E-state index contributed by atoms with van der Waals surface area (Å²) in [5.41, 5.74) is 3.02. The number of rotatable bonds is 2. The molecular formula is C18H22N8. The van der Waals surface area contributed by atoms with E-state index in [0.717, 1.165) is 54.5 Å². The van der Waals surface area contributed by atoms with E-state index in [2.05, 4.69) is 41.8 Å². The fourth-order valence-electron chi connectivity index (χ4n) is 4.37. The molecule has 2 atom stereocenters. The monoisotopic (exact) mass is 350 g/mol. The van der Waals surface area contributed by atoms with Gasteiger partial charge in [-0.3, -0.25) is 4.68 Å². The Bertz CT molecular complexity index is 966. The van der Waals surface area contributed by atoms with Crippen LogP contribution in [0.2, 0.25) is 0 Å². The lowest BCUT2D eigenvalue weighted by Gasteiger charge is -2.24. The van der Waals surface area contributed by atoms with E-state index in [1.54, 1.807) is 12.7 Å². The highest BCUT2D eigenvalue weighted by Gasteiger charge is 2.41. The van der Waals surface area contributed by atoms with Crippen molar-refractivity contribution >= 4 is 22.7 Å². The maximum Gasteiger partial charge on any atom is 0.186 e.